The molecule has 0 aromatic carbocycles. The van der Waals surface area contributed by atoms with Gasteiger partial charge in [0.05, 0.1) is 6.61 Å². The van der Waals surface area contributed by atoms with Gasteiger partial charge in [-0.25, -0.2) is 4.39 Å². The number of aliphatic hydroxyl groups excluding tert-OH is 1. The lowest BCUT2D eigenvalue weighted by Gasteiger charge is -1.81. The molecule has 0 saturated heterocycles. The van der Waals surface area contributed by atoms with Crippen LogP contribution in [0.3, 0.4) is 0 Å². The van der Waals surface area contributed by atoms with E-state index in [0.717, 1.165) is 0 Å². The molecule has 1 N–H and O–H groups in total. The minimum absolute atomic E-state index is 0.510. The summed E-state index contributed by atoms with van der Waals surface area (Å²) in [6.45, 7) is 1.27. The third kappa shape index (κ3) is 3.56. The summed E-state index contributed by atoms with van der Waals surface area (Å²) in [5.74, 6) is -0.511. The van der Waals surface area contributed by atoms with Gasteiger partial charge in [0.25, 0.3) is 0 Å². The molecule has 0 aliphatic carbocycles. The Morgan fingerprint density at radius 1 is 1.75 bits per heavy atom. The molecule has 0 unspecified atom stereocenters. The van der Waals surface area contributed by atoms with Gasteiger partial charge in [-0.2, -0.15) is 0 Å². The Labute approximate surface area is 48.1 Å². The van der Waals surface area contributed by atoms with Gasteiger partial charge in [0.1, 0.15) is 5.83 Å². The molecule has 8 heavy (non-hydrogen) atoms. The van der Waals surface area contributed by atoms with Gasteiger partial charge in [-0.3, -0.25) is 0 Å². The summed E-state index contributed by atoms with van der Waals surface area (Å²) in [6, 6.07) is 0. The fraction of sp³-hybridized carbons (Fsp3) is 0.333. The van der Waals surface area contributed by atoms with Crippen LogP contribution in [0, 0.1) is 0 Å². The van der Waals surface area contributed by atoms with Crippen LogP contribution in [0.2, 0.25) is 0 Å². The van der Waals surface area contributed by atoms with E-state index in [1.807, 2.05) is 0 Å². The van der Waals surface area contributed by atoms with E-state index in [1.165, 1.54) is 12.2 Å². The highest BCUT2D eigenvalue weighted by Gasteiger charge is 1.82. The van der Waals surface area contributed by atoms with Gasteiger partial charge in [0.15, 0.2) is 0 Å². The second-order valence-electron chi connectivity index (χ2n) is 1.30. The van der Waals surface area contributed by atoms with E-state index in [1.54, 1.807) is 13.0 Å². The van der Waals surface area contributed by atoms with Crippen LogP contribution in [0.1, 0.15) is 6.92 Å². The number of rotatable bonds is 2. The lowest BCUT2D eigenvalue weighted by atomic mass is 10.4. The number of allylic oxidation sites excluding steroid dienone is 3. The third-order valence-corrected chi connectivity index (χ3v) is 0.621. The first kappa shape index (κ1) is 7.37. The molecule has 46 valence electrons. The molecule has 0 aliphatic rings. The fourth-order valence-corrected chi connectivity index (χ4v) is 0.253. The van der Waals surface area contributed by atoms with Crippen molar-refractivity contribution >= 4 is 0 Å². The van der Waals surface area contributed by atoms with E-state index in [4.69, 9.17) is 5.11 Å². The summed E-state index contributed by atoms with van der Waals surface area (Å²) < 4.78 is 11.9. The van der Waals surface area contributed by atoms with Crippen molar-refractivity contribution < 1.29 is 9.50 Å². The van der Waals surface area contributed by atoms with Crippen LogP contribution < -0.4 is 0 Å². The Kier molecular flexibility index (Phi) is 4.17. The molecule has 0 aromatic heterocycles. The molecule has 0 rings (SSSR count). The number of hydrogen-bond donors (Lipinski definition) is 1. The number of hydrogen-bond acceptors (Lipinski definition) is 1. The molecule has 0 bridgehead atoms. The maximum Gasteiger partial charge on any atom is 0.125 e. The van der Waals surface area contributed by atoms with Gasteiger partial charge in [-0.05, 0) is 13.0 Å². The Balaban J connectivity index is 3.57. The highest BCUT2D eigenvalue weighted by molar-refractivity contribution is 5.05. The molecular formula is C6H9FO. The highest BCUT2D eigenvalue weighted by atomic mass is 19.1. The maximum atomic E-state index is 11.9. The standard InChI is InChI=1S/C6H9FO/c1-2-3-4-6(7)5-8/h2-4,8H,5H2,1H3/b3-2-,6-4+. The van der Waals surface area contributed by atoms with E-state index in [0.29, 0.717) is 0 Å². The van der Waals surface area contributed by atoms with Crippen LogP contribution >= 0.6 is 0 Å². The summed E-state index contributed by atoms with van der Waals surface area (Å²) in [5, 5.41) is 8.08. The molecule has 0 atom stereocenters. The van der Waals surface area contributed by atoms with Crippen molar-refractivity contribution in [2.45, 2.75) is 6.92 Å². The van der Waals surface area contributed by atoms with Gasteiger partial charge in [-0.1, -0.05) is 12.2 Å². The largest absolute Gasteiger partial charge is 0.389 e. The zero-order valence-electron chi connectivity index (χ0n) is 4.76. The van der Waals surface area contributed by atoms with E-state index in [-0.39, 0.29) is 0 Å². The van der Waals surface area contributed by atoms with E-state index in [9.17, 15) is 4.39 Å². The highest BCUT2D eigenvalue weighted by Crippen LogP contribution is 1.92. The molecule has 0 spiro atoms. The molecule has 0 radical (unpaired) electrons. The summed E-state index contributed by atoms with van der Waals surface area (Å²) in [7, 11) is 0. The lowest BCUT2D eigenvalue weighted by molar-refractivity contribution is 0.298. The van der Waals surface area contributed by atoms with Crippen LogP contribution in [0.4, 0.5) is 4.39 Å². The first-order chi connectivity index (χ1) is 3.81. The summed E-state index contributed by atoms with van der Waals surface area (Å²) in [5.41, 5.74) is 0. The average molecular weight is 116 g/mol. The van der Waals surface area contributed by atoms with Crippen molar-refractivity contribution in [1.82, 2.24) is 0 Å². The first-order valence-electron chi connectivity index (χ1n) is 2.39. The van der Waals surface area contributed by atoms with Gasteiger partial charge in [0, 0.05) is 0 Å². The normalized spacial score (nSPS) is 13.1. The SMILES string of the molecule is C/C=C\C=C(\F)CO. The monoisotopic (exact) mass is 116 g/mol. The topological polar surface area (TPSA) is 20.2 Å². The molecule has 2 heteroatoms. The minimum atomic E-state index is -0.511. The van der Waals surface area contributed by atoms with Crippen molar-refractivity contribution in [3.8, 4) is 0 Å². The average Bonchev–Trinajstić information content (AvgIpc) is 1.83. The molecule has 0 aliphatic heterocycles. The van der Waals surface area contributed by atoms with Crippen LogP contribution in [0.15, 0.2) is 24.1 Å². The predicted molar refractivity (Wildman–Crippen MR) is 31.1 cm³/mol. The van der Waals surface area contributed by atoms with Gasteiger partial charge < -0.3 is 5.11 Å². The maximum absolute atomic E-state index is 11.9. The molecular weight excluding hydrogens is 107 g/mol. The zero-order chi connectivity index (χ0) is 6.41. The van der Waals surface area contributed by atoms with Crippen molar-refractivity contribution in [3.63, 3.8) is 0 Å². The lowest BCUT2D eigenvalue weighted by Crippen LogP contribution is -1.78. The van der Waals surface area contributed by atoms with Crippen LogP contribution in [0.5, 0.6) is 0 Å². The zero-order valence-corrected chi connectivity index (χ0v) is 4.76. The second-order valence-corrected chi connectivity index (χ2v) is 1.30. The Bertz CT molecular complexity index is 105. The smallest absolute Gasteiger partial charge is 0.125 e. The minimum Gasteiger partial charge on any atom is -0.389 e. The van der Waals surface area contributed by atoms with Gasteiger partial charge in [0.2, 0.25) is 0 Å². The van der Waals surface area contributed by atoms with Gasteiger partial charge in [-0.15, -0.1) is 0 Å². The van der Waals surface area contributed by atoms with Crippen LogP contribution in [0.25, 0.3) is 0 Å². The molecule has 0 amide bonds. The molecule has 0 heterocycles. The number of halogens is 1. The first-order valence-corrected chi connectivity index (χ1v) is 2.39. The van der Waals surface area contributed by atoms with Crippen molar-refractivity contribution in [2.75, 3.05) is 6.61 Å². The molecule has 0 aromatic rings. The van der Waals surface area contributed by atoms with Crippen LogP contribution in [-0.2, 0) is 0 Å². The fourth-order valence-electron chi connectivity index (χ4n) is 0.253. The van der Waals surface area contributed by atoms with E-state index < -0.39 is 12.4 Å². The summed E-state index contributed by atoms with van der Waals surface area (Å²) >= 11 is 0. The predicted octanol–water partition coefficient (Wildman–Crippen LogP) is 1.41. The van der Waals surface area contributed by atoms with Gasteiger partial charge >= 0.3 is 0 Å². The Morgan fingerprint density at radius 2 is 2.38 bits per heavy atom. The summed E-state index contributed by atoms with van der Waals surface area (Å²) in [6.07, 6.45) is 4.45. The van der Waals surface area contributed by atoms with Crippen molar-refractivity contribution in [2.24, 2.45) is 0 Å². The van der Waals surface area contributed by atoms with Crippen LogP contribution in [-0.4, -0.2) is 11.7 Å². The molecule has 1 nitrogen and oxygen atoms in total. The van der Waals surface area contributed by atoms with E-state index >= 15 is 0 Å². The van der Waals surface area contributed by atoms with E-state index in [2.05, 4.69) is 0 Å². The molecule has 0 saturated carbocycles. The Hall–Kier alpha value is -0.630. The molecule has 0 fully saturated rings. The Morgan fingerprint density at radius 3 is 2.75 bits per heavy atom. The second kappa shape index (κ2) is 4.53. The number of aliphatic hydroxyl groups is 1. The summed E-state index contributed by atoms with van der Waals surface area (Å²) in [4.78, 5) is 0. The quantitative estimate of drug-likeness (QED) is 0.541. The van der Waals surface area contributed by atoms with Crippen molar-refractivity contribution in [1.29, 1.82) is 0 Å². The third-order valence-electron chi connectivity index (χ3n) is 0.621. The van der Waals surface area contributed by atoms with Crippen molar-refractivity contribution in [3.05, 3.63) is 24.1 Å².